The minimum absolute atomic E-state index is 0.296. The fourth-order valence-corrected chi connectivity index (χ4v) is 2.11. The van der Waals surface area contributed by atoms with E-state index in [-0.39, 0.29) is 5.60 Å². The first kappa shape index (κ1) is 14.9. The average molecular weight is 273 g/mol. The van der Waals surface area contributed by atoms with Gasteiger partial charge in [0.2, 0.25) is 0 Å². The number of thiazole rings is 1. The highest BCUT2D eigenvalue weighted by atomic mass is 32.1. The molecule has 1 rings (SSSR count). The molecule has 1 aromatic heterocycles. The second kappa shape index (κ2) is 6.12. The zero-order chi connectivity index (χ0) is 13.8. The number of aromatic nitrogens is 1. The van der Waals surface area contributed by atoms with Crippen LogP contribution in [0.4, 0.5) is 5.13 Å². The number of hydrogen-bond donors (Lipinski definition) is 3. The van der Waals surface area contributed by atoms with Crippen LogP contribution in [-0.2, 0) is 9.53 Å². The van der Waals surface area contributed by atoms with Crippen LogP contribution in [-0.4, -0.2) is 34.8 Å². The van der Waals surface area contributed by atoms with E-state index < -0.39 is 12.0 Å². The molecule has 0 saturated heterocycles. The Balaban J connectivity index is 2.57. The molecule has 0 spiro atoms. The SMILES string of the molecule is CCOC(C)(C)CNc1nc(C(N)C(=O)O)cs1. The van der Waals surface area contributed by atoms with Crippen molar-refractivity contribution in [3.8, 4) is 0 Å². The highest BCUT2D eigenvalue weighted by molar-refractivity contribution is 7.13. The zero-order valence-electron chi connectivity index (χ0n) is 10.8. The molecule has 0 aliphatic carbocycles. The van der Waals surface area contributed by atoms with Gasteiger partial charge in [0.25, 0.3) is 0 Å². The zero-order valence-corrected chi connectivity index (χ0v) is 11.6. The summed E-state index contributed by atoms with van der Waals surface area (Å²) in [5, 5.41) is 14.2. The van der Waals surface area contributed by atoms with Crippen molar-refractivity contribution in [3.05, 3.63) is 11.1 Å². The standard InChI is InChI=1S/C11H19N3O3S/c1-4-17-11(2,3)6-13-10-14-7(5-18-10)8(12)9(15)16/h5,8H,4,6,12H2,1-3H3,(H,13,14)(H,15,16). The molecule has 0 amide bonds. The van der Waals surface area contributed by atoms with Crippen LogP contribution in [0, 0.1) is 0 Å². The van der Waals surface area contributed by atoms with Crippen LogP contribution in [0.5, 0.6) is 0 Å². The number of nitrogens with two attached hydrogens (primary N) is 1. The third kappa shape index (κ3) is 4.25. The highest BCUT2D eigenvalue weighted by Gasteiger charge is 2.20. The number of ether oxygens (including phenoxy) is 1. The molecule has 0 bridgehead atoms. The Morgan fingerprint density at radius 1 is 1.72 bits per heavy atom. The number of nitrogens with zero attached hydrogens (tertiary/aromatic N) is 1. The fourth-order valence-electron chi connectivity index (χ4n) is 1.37. The predicted octanol–water partition coefficient (Wildman–Crippen LogP) is 1.45. The Kier molecular flexibility index (Phi) is 5.06. The summed E-state index contributed by atoms with van der Waals surface area (Å²) in [6.45, 7) is 7.12. The van der Waals surface area contributed by atoms with Crippen molar-refractivity contribution in [2.45, 2.75) is 32.4 Å². The lowest BCUT2D eigenvalue weighted by molar-refractivity contribution is -0.138. The fraction of sp³-hybridized carbons (Fsp3) is 0.636. The first-order chi connectivity index (χ1) is 8.35. The normalized spacial score (nSPS) is 13.3. The summed E-state index contributed by atoms with van der Waals surface area (Å²) in [6, 6.07) is -1.07. The number of nitrogens with one attached hydrogen (secondary N) is 1. The molecular weight excluding hydrogens is 254 g/mol. The third-order valence-corrected chi connectivity index (χ3v) is 3.13. The Hall–Kier alpha value is -1.18. The van der Waals surface area contributed by atoms with E-state index in [1.807, 2.05) is 20.8 Å². The van der Waals surface area contributed by atoms with Crippen molar-refractivity contribution in [1.82, 2.24) is 4.98 Å². The van der Waals surface area contributed by atoms with Gasteiger partial charge in [-0.25, -0.2) is 4.98 Å². The van der Waals surface area contributed by atoms with Gasteiger partial charge in [-0.1, -0.05) is 0 Å². The summed E-state index contributed by atoms with van der Waals surface area (Å²) >= 11 is 1.33. The number of carboxylic acids is 1. The van der Waals surface area contributed by atoms with E-state index in [1.165, 1.54) is 11.3 Å². The molecular formula is C11H19N3O3S. The number of rotatable bonds is 7. The van der Waals surface area contributed by atoms with Crippen LogP contribution >= 0.6 is 11.3 Å². The maximum Gasteiger partial charge on any atom is 0.326 e. The van der Waals surface area contributed by atoms with Crippen LogP contribution in [0.25, 0.3) is 0 Å². The quantitative estimate of drug-likeness (QED) is 0.695. The van der Waals surface area contributed by atoms with Gasteiger partial charge in [-0.05, 0) is 20.8 Å². The summed E-state index contributed by atoms with van der Waals surface area (Å²) in [4.78, 5) is 14.9. The monoisotopic (exact) mass is 273 g/mol. The summed E-state index contributed by atoms with van der Waals surface area (Å²) in [7, 11) is 0. The number of anilines is 1. The highest BCUT2D eigenvalue weighted by Crippen LogP contribution is 2.21. The predicted molar refractivity (Wildman–Crippen MR) is 70.9 cm³/mol. The maximum atomic E-state index is 10.7. The van der Waals surface area contributed by atoms with E-state index in [4.69, 9.17) is 15.6 Å². The molecule has 1 unspecified atom stereocenters. The molecule has 6 nitrogen and oxygen atoms in total. The minimum atomic E-state index is -1.08. The largest absolute Gasteiger partial charge is 0.480 e. The number of carbonyl (C=O) groups is 1. The smallest absolute Gasteiger partial charge is 0.326 e. The van der Waals surface area contributed by atoms with E-state index in [1.54, 1.807) is 5.38 Å². The lowest BCUT2D eigenvalue weighted by atomic mass is 10.1. The van der Waals surface area contributed by atoms with Gasteiger partial charge in [0.15, 0.2) is 5.13 Å². The molecule has 1 heterocycles. The molecule has 0 radical (unpaired) electrons. The topological polar surface area (TPSA) is 97.5 Å². The van der Waals surface area contributed by atoms with Crippen molar-refractivity contribution < 1.29 is 14.6 Å². The molecule has 4 N–H and O–H groups in total. The van der Waals surface area contributed by atoms with E-state index in [0.29, 0.717) is 24.0 Å². The second-order valence-electron chi connectivity index (χ2n) is 4.44. The molecule has 1 aromatic rings. The van der Waals surface area contributed by atoms with Gasteiger partial charge in [0.1, 0.15) is 6.04 Å². The Bertz CT molecular complexity index is 406. The molecule has 18 heavy (non-hydrogen) atoms. The van der Waals surface area contributed by atoms with Crippen molar-refractivity contribution in [1.29, 1.82) is 0 Å². The van der Waals surface area contributed by atoms with Gasteiger partial charge >= 0.3 is 5.97 Å². The lowest BCUT2D eigenvalue weighted by Crippen LogP contribution is -2.33. The van der Waals surface area contributed by atoms with Crippen molar-refractivity contribution in [2.75, 3.05) is 18.5 Å². The van der Waals surface area contributed by atoms with Crippen LogP contribution in [0.1, 0.15) is 32.5 Å². The van der Waals surface area contributed by atoms with Crippen LogP contribution in [0.15, 0.2) is 5.38 Å². The summed E-state index contributed by atoms with van der Waals surface area (Å²) < 4.78 is 5.54. The van der Waals surface area contributed by atoms with E-state index in [9.17, 15) is 4.79 Å². The van der Waals surface area contributed by atoms with Gasteiger partial charge in [-0.15, -0.1) is 11.3 Å². The minimum Gasteiger partial charge on any atom is -0.480 e. The third-order valence-electron chi connectivity index (χ3n) is 2.31. The number of carboxylic acid groups (broad SMARTS) is 1. The molecule has 0 aromatic carbocycles. The van der Waals surface area contributed by atoms with Crippen LogP contribution < -0.4 is 11.1 Å². The molecule has 7 heteroatoms. The van der Waals surface area contributed by atoms with E-state index in [0.717, 1.165) is 0 Å². The van der Waals surface area contributed by atoms with Crippen LogP contribution in [0.3, 0.4) is 0 Å². The van der Waals surface area contributed by atoms with Crippen molar-refractivity contribution in [2.24, 2.45) is 5.73 Å². The Labute approximate surface area is 110 Å². The van der Waals surface area contributed by atoms with E-state index in [2.05, 4.69) is 10.3 Å². The van der Waals surface area contributed by atoms with Gasteiger partial charge in [-0.2, -0.15) is 0 Å². The average Bonchev–Trinajstić information content (AvgIpc) is 2.74. The maximum absolute atomic E-state index is 10.7. The molecule has 1 atom stereocenters. The lowest BCUT2D eigenvalue weighted by Gasteiger charge is -2.24. The molecule has 0 saturated carbocycles. The first-order valence-electron chi connectivity index (χ1n) is 5.67. The Morgan fingerprint density at radius 3 is 2.94 bits per heavy atom. The molecule has 102 valence electrons. The van der Waals surface area contributed by atoms with E-state index >= 15 is 0 Å². The summed E-state index contributed by atoms with van der Waals surface area (Å²) in [6.07, 6.45) is 0. The van der Waals surface area contributed by atoms with Gasteiger partial charge in [-0.3, -0.25) is 4.79 Å². The number of aliphatic carboxylic acids is 1. The number of hydrogen-bond acceptors (Lipinski definition) is 6. The first-order valence-corrected chi connectivity index (χ1v) is 6.55. The molecule has 0 aliphatic heterocycles. The molecule has 0 fully saturated rings. The van der Waals surface area contributed by atoms with Crippen molar-refractivity contribution >= 4 is 22.4 Å². The van der Waals surface area contributed by atoms with Gasteiger partial charge < -0.3 is 20.9 Å². The summed E-state index contributed by atoms with van der Waals surface area (Å²) in [5.74, 6) is -1.08. The van der Waals surface area contributed by atoms with Gasteiger partial charge in [0, 0.05) is 18.5 Å². The van der Waals surface area contributed by atoms with Crippen LogP contribution in [0.2, 0.25) is 0 Å². The van der Waals surface area contributed by atoms with Crippen molar-refractivity contribution in [3.63, 3.8) is 0 Å². The Morgan fingerprint density at radius 2 is 2.39 bits per heavy atom. The summed E-state index contributed by atoms with van der Waals surface area (Å²) in [5.41, 5.74) is 5.54. The molecule has 0 aliphatic rings. The second-order valence-corrected chi connectivity index (χ2v) is 5.30. The van der Waals surface area contributed by atoms with Gasteiger partial charge in [0.05, 0.1) is 11.3 Å².